The van der Waals surface area contributed by atoms with E-state index in [1.165, 1.54) is 17.4 Å². The van der Waals surface area contributed by atoms with E-state index in [1.54, 1.807) is 42.8 Å². The van der Waals surface area contributed by atoms with Gasteiger partial charge >= 0.3 is 0 Å². The lowest BCUT2D eigenvalue weighted by Gasteiger charge is -2.08. The summed E-state index contributed by atoms with van der Waals surface area (Å²) < 4.78 is 13.5. The zero-order chi connectivity index (χ0) is 22.8. The standard InChI is InChI=1S/C25H24N2O4S/c1-15-6-5-7-17-18(14-32-24(15)17)25-26-19(13-27(25)2)21(29)10-9-20(28)16-8-11-22(30-3)23(12-16)31-4/h5-8,11-14H,9-10H2,1-4H3. The van der Waals surface area contributed by atoms with Gasteiger partial charge in [-0.2, -0.15) is 0 Å². The molecule has 6 nitrogen and oxygen atoms in total. The van der Waals surface area contributed by atoms with Crippen LogP contribution < -0.4 is 9.47 Å². The van der Waals surface area contributed by atoms with Crippen LogP contribution in [0.2, 0.25) is 0 Å². The zero-order valence-corrected chi connectivity index (χ0v) is 19.3. The Labute approximate surface area is 190 Å². The number of hydrogen-bond acceptors (Lipinski definition) is 6. The number of Topliss-reactive ketones (excluding diaryl/α,β-unsaturated/α-hetero) is 2. The van der Waals surface area contributed by atoms with Crippen LogP contribution in [0.4, 0.5) is 0 Å². The Bertz CT molecular complexity index is 1320. The van der Waals surface area contributed by atoms with Gasteiger partial charge in [-0.3, -0.25) is 9.59 Å². The van der Waals surface area contributed by atoms with E-state index >= 15 is 0 Å². The summed E-state index contributed by atoms with van der Waals surface area (Å²) in [6.45, 7) is 2.09. The molecule has 0 aliphatic rings. The fourth-order valence-electron chi connectivity index (χ4n) is 3.74. The normalized spacial score (nSPS) is 11.0. The highest BCUT2D eigenvalue weighted by molar-refractivity contribution is 7.18. The number of hydrogen-bond donors (Lipinski definition) is 0. The number of carbonyl (C=O) groups excluding carboxylic acids is 2. The maximum atomic E-state index is 12.8. The predicted octanol–water partition coefficient (Wildman–Crippen LogP) is 5.47. The number of carbonyl (C=O) groups is 2. The largest absolute Gasteiger partial charge is 0.493 e. The quantitative estimate of drug-likeness (QED) is 0.334. The zero-order valence-electron chi connectivity index (χ0n) is 18.5. The monoisotopic (exact) mass is 448 g/mol. The lowest BCUT2D eigenvalue weighted by molar-refractivity contribution is 0.0915. The van der Waals surface area contributed by atoms with Crippen LogP contribution in [0.3, 0.4) is 0 Å². The first-order valence-corrected chi connectivity index (χ1v) is 11.1. The van der Waals surface area contributed by atoms with Crippen molar-refractivity contribution in [1.82, 2.24) is 9.55 Å². The van der Waals surface area contributed by atoms with Crippen molar-refractivity contribution >= 4 is 33.0 Å². The highest BCUT2D eigenvalue weighted by atomic mass is 32.1. The molecule has 0 atom stereocenters. The summed E-state index contributed by atoms with van der Waals surface area (Å²) in [5, 5.41) is 3.21. The SMILES string of the molecule is COc1ccc(C(=O)CCC(=O)c2cn(C)c(-c3csc4c(C)cccc34)n2)cc1OC. The average molecular weight is 449 g/mol. The third-order valence-electron chi connectivity index (χ3n) is 5.48. The van der Waals surface area contributed by atoms with Crippen molar-refractivity contribution in [2.75, 3.05) is 14.2 Å². The Morgan fingerprint density at radius 2 is 1.78 bits per heavy atom. The molecule has 0 amide bonds. The Balaban J connectivity index is 1.50. The highest BCUT2D eigenvalue weighted by Gasteiger charge is 2.19. The van der Waals surface area contributed by atoms with Gasteiger partial charge in [0.05, 0.1) is 14.2 Å². The van der Waals surface area contributed by atoms with Crippen molar-refractivity contribution in [3.8, 4) is 22.9 Å². The molecule has 0 radical (unpaired) electrons. The van der Waals surface area contributed by atoms with Crippen molar-refractivity contribution < 1.29 is 19.1 Å². The highest BCUT2D eigenvalue weighted by Crippen LogP contribution is 2.35. The van der Waals surface area contributed by atoms with E-state index in [-0.39, 0.29) is 24.4 Å². The summed E-state index contributed by atoms with van der Waals surface area (Å²) >= 11 is 1.68. The van der Waals surface area contributed by atoms with Gasteiger partial charge in [0.15, 0.2) is 23.1 Å². The number of ether oxygens (including phenoxy) is 2. The number of aryl methyl sites for hydroxylation is 2. The Kier molecular flexibility index (Phi) is 6.10. The van der Waals surface area contributed by atoms with E-state index in [1.807, 2.05) is 17.7 Å². The lowest BCUT2D eigenvalue weighted by atomic mass is 10.0. The second-order valence-electron chi connectivity index (χ2n) is 7.58. The summed E-state index contributed by atoms with van der Waals surface area (Å²) in [7, 11) is 4.94. The van der Waals surface area contributed by atoms with Gasteiger partial charge in [0.1, 0.15) is 11.5 Å². The van der Waals surface area contributed by atoms with E-state index in [0.29, 0.717) is 22.8 Å². The molecule has 2 aromatic carbocycles. The van der Waals surface area contributed by atoms with Gasteiger partial charge in [-0.05, 0) is 30.7 Å². The topological polar surface area (TPSA) is 70.4 Å². The number of fused-ring (bicyclic) bond motifs is 1. The van der Waals surface area contributed by atoms with Gasteiger partial charge in [-0.15, -0.1) is 11.3 Å². The first-order chi connectivity index (χ1) is 15.4. The molecule has 0 bridgehead atoms. The van der Waals surface area contributed by atoms with Crippen LogP contribution in [0.25, 0.3) is 21.5 Å². The maximum absolute atomic E-state index is 12.8. The summed E-state index contributed by atoms with van der Waals surface area (Å²) in [6.07, 6.45) is 1.92. The van der Waals surface area contributed by atoms with Gasteiger partial charge < -0.3 is 14.0 Å². The molecule has 0 fully saturated rings. The number of nitrogens with zero attached hydrogens (tertiary/aromatic N) is 2. The molecule has 0 saturated carbocycles. The number of aromatic nitrogens is 2. The summed E-state index contributed by atoms with van der Waals surface area (Å²) in [5.41, 5.74) is 3.08. The van der Waals surface area contributed by atoms with Gasteiger partial charge in [0, 0.05) is 52.7 Å². The molecule has 0 saturated heterocycles. The molecule has 4 rings (SSSR count). The molecule has 32 heavy (non-hydrogen) atoms. The van der Waals surface area contributed by atoms with Crippen LogP contribution in [0.15, 0.2) is 48.0 Å². The summed E-state index contributed by atoms with van der Waals surface area (Å²) in [6, 6.07) is 11.2. The molecule has 0 aliphatic carbocycles. The van der Waals surface area contributed by atoms with Crippen LogP contribution in [0.1, 0.15) is 39.3 Å². The van der Waals surface area contributed by atoms with Gasteiger partial charge in [0.2, 0.25) is 0 Å². The van der Waals surface area contributed by atoms with Crippen LogP contribution in [0, 0.1) is 6.92 Å². The smallest absolute Gasteiger partial charge is 0.183 e. The summed E-state index contributed by atoms with van der Waals surface area (Å²) in [4.78, 5) is 30.0. The van der Waals surface area contributed by atoms with E-state index in [4.69, 9.17) is 9.47 Å². The van der Waals surface area contributed by atoms with E-state index in [9.17, 15) is 9.59 Å². The van der Waals surface area contributed by atoms with Crippen LogP contribution >= 0.6 is 11.3 Å². The fourth-order valence-corrected chi connectivity index (χ4v) is 4.76. The Morgan fingerprint density at radius 3 is 2.53 bits per heavy atom. The molecule has 0 aliphatic heterocycles. The molecule has 7 heteroatoms. The van der Waals surface area contributed by atoms with Crippen molar-refractivity contribution in [3.05, 3.63) is 64.8 Å². The van der Waals surface area contributed by atoms with E-state index < -0.39 is 0 Å². The fraction of sp³-hybridized carbons (Fsp3) is 0.240. The second-order valence-corrected chi connectivity index (χ2v) is 8.46. The molecular weight excluding hydrogens is 424 g/mol. The average Bonchev–Trinajstić information content (AvgIpc) is 3.40. The Hall–Kier alpha value is -3.45. The van der Waals surface area contributed by atoms with Crippen molar-refractivity contribution in [3.63, 3.8) is 0 Å². The third-order valence-corrected chi connectivity index (χ3v) is 6.62. The number of rotatable bonds is 8. The minimum atomic E-state index is -0.156. The maximum Gasteiger partial charge on any atom is 0.183 e. The van der Waals surface area contributed by atoms with E-state index in [0.717, 1.165) is 16.8 Å². The van der Waals surface area contributed by atoms with Gasteiger partial charge in [0.25, 0.3) is 0 Å². The first kappa shape index (κ1) is 21.8. The number of benzene rings is 2. The molecule has 0 spiro atoms. The second kappa shape index (κ2) is 8.96. The predicted molar refractivity (Wildman–Crippen MR) is 126 cm³/mol. The molecule has 0 N–H and O–H groups in total. The number of imidazole rings is 1. The number of ketones is 2. The lowest BCUT2D eigenvalue weighted by Crippen LogP contribution is -2.06. The number of thiophene rings is 1. The van der Waals surface area contributed by atoms with Crippen molar-refractivity contribution in [2.45, 2.75) is 19.8 Å². The molecule has 2 heterocycles. The van der Waals surface area contributed by atoms with E-state index in [2.05, 4.69) is 29.4 Å². The third kappa shape index (κ3) is 4.03. The van der Waals surface area contributed by atoms with Crippen molar-refractivity contribution in [1.29, 1.82) is 0 Å². The molecule has 2 aromatic heterocycles. The minimum Gasteiger partial charge on any atom is -0.493 e. The summed E-state index contributed by atoms with van der Waals surface area (Å²) in [5.74, 6) is 1.50. The first-order valence-electron chi connectivity index (χ1n) is 10.2. The van der Waals surface area contributed by atoms with Crippen LogP contribution in [-0.2, 0) is 7.05 Å². The molecule has 0 unspecified atom stereocenters. The van der Waals surface area contributed by atoms with Crippen LogP contribution in [0.5, 0.6) is 11.5 Å². The molecular formula is C25H24N2O4S. The number of methoxy groups -OCH3 is 2. The van der Waals surface area contributed by atoms with Crippen LogP contribution in [-0.4, -0.2) is 35.3 Å². The molecule has 164 valence electrons. The van der Waals surface area contributed by atoms with Gasteiger partial charge in [-0.1, -0.05) is 18.2 Å². The minimum absolute atomic E-state index is 0.0904. The Morgan fingerprint density at radius 1 is 1.03 bits per heavy atom. The van der Waals surface area contributed by atoms with Crippen molar-refractivity contribution in [2.24, 2.45) is 7.05 Å². The molecule has 4 aromatic rings. The van der Waals surface area contributed by atoms with Gasteiger partial charge in [-0.25, -0.2) is 4.98 Å².